The number of carbonyl (C=O) groups is 1. The molecule has 21 heavy (non-hydrogen) atoms. The summed E-state index contributed by atoms with van der Waals surface area (Å²) in [4.78, 5) is 16.7. The van der Waals surface area contributed by atoms with E-state index in [2.05, 4.69) is 9.80 Å². The van der Waals surface area contributed by atoms with Gasteiger partial charge >= 0.3 is 0 Å². The van der Waals surface area contributed by atoms with Crippen LogP contribution in [0.1, 0.15) is 29.6 Å². The van der Waals surface area contributed by atoms with Gasteiger partial charge in [0.2, 0.25) is 0 Å². The maximum atomic E-state index is 13.6. The molecule has 1 unspecified atom stereocenters. The molecule has 1 aromatic rings. The Morgan fingerprint density at radius 3 is 2.90 bits per heavy atom. The summed E-state index contributed by atoms with van der Waals surface area (Å²) in [5, 5.41) is 0. The van der Waals surface area contributed by atoms with Crippen molar-refractivity contribution >= 4 is 5.78 Å². The van der Waals surface area contributed by atoms with E-state index in [-0.39, 0.29) is 17.9 Å². The summed E-state index contributed by atoms with van der Waals surface area (Å²) in [6, 6.07) is 3.56. The van der Waals surface area contributed by atoms with Crippen LogP contribution in [0.2, 0.25) is 0 Å². The van der Waals surface area contributed by atoms with Crippen LogP contribution in [0.3, 0.4) is 0 Å². The fraction of sp³-hybridized carbons (Fsp3) is 0.562. The van der Waals surface area contributed by atoms with Crippen LogP contribution in [0, 0.1) is 11.6 Å². The van der Waals surface area contributed by atoms with Crippen molar-refractivity contribution in [1.29, 1.82) is 0 Å². The highest BCUT2D eigenvalue weighted by Crippen LogP contribution is 2.21. The second kappa shape index (κ2) is 6.20. The van der Waals surface area contributed by atoms with E-state index in [1.54, 1.807) is 0 Å². The van der Waals surface area contributed by atoms with Crippen LogP contribution in [-0.2, 0) is 0 Å². The lowest BCUT2D eigenvalue weighted by Crippen LogP contribution is -2.55. The number of benzene rings is 1. The highest BCUT2D eigenvalue weighted by molar-refractivity contribution is 5.97. The lowest BCUT2D eigenvalue weighted by molar-refractivity contribution is 0.0468. The first-order valence-corrected chi connectivity index (χ1v) is 7.58. The van der Waals surface area contributed by atoms with Gasteiger partial charge in [-0.3, -0.25) is 14.6 Å². The van der Waals surface area contributed by atoms with Crippen molar-refractivity contribution in [3.63, 3.8) is 0 Å². The van der Waals surface area contributed by atoms with Crippen molar-refractivity contribution in [1.82, 2.24) is 9.80 Å². The number of Topliss-reactive ketones (excluding diaryl/α,β-unsaturated/α-hetero) is 1. The molecule has 2 saturated heterocycles. The van der Waals surface area contributed by atoms with Crippen LogP contribution in [0.5, 0.6) is 0 Å². The number of piperazine rings is 1. The second-order valence-electron chi connectivity index (χ2n) is 5.97. The van der Waals surface area contributed by atoms with Crippen LogP contribution >= 0.6 is 0 Å². The van der Waals surface area contributed by atoms with E-state index < -0.39 is 11.6 Å². The van der Waals surface area contributed by atoms with Crippen LogP contribution in [0.15, 0.2) is 18.2 Å². The van der Waals surface area contributed by atoms with Gasteiger partial charge in [0.25, 0.3) is 0 Å². The molecule has 1 aromatic carbocycles. The molecule has 2 aliphatic heterocycles. The van der Waals surface area contributed by atoms with Crippen molar-refractivity contribution in [2.75, 3.05) is 32.7 Å². The number of nitrogens with zero attached hydrogens (tertiary/aromatic N) is 2. The van der Waals surface area contributed by atoms with Crippen LogP contribution < -0.4 is 0 Å². The molecule has 2 fully saturated rings. The summed E-state index contributed by atoms with van der Waals surface area (Å²) < 4.78 is 26.8. The molecule has 3 nitrogen and oxygen atoms in total. The maximum absolute atomic E-state index is 13.6. The lowest BCUT2D eigenvalue weighted by atomic mass is 9.99. The predicted molar refractivity (Wildman–Crippen MR) is 76.3 cm³/mol. The van der Waals surface area contributed by atoms with Gasteiger partial charge in [-0.2, -0.15) is 0 Å². The van der Waals surface area contributed by atoms with Crippen molar-refractivity contribution in [2.45, 2.75) is 25.3 Å². The van der Waals surface area contributed by atoms with E-state index >= 15 is 0 Å². The molecule has 2 aliphatic rings. The first-order valence-electron chi connectivity index (χ1n) is 7.58. The minimum atomic E-state index is -0.641. The molecule has 114 valence electrons. The first kappa shape index (κ1) is 14.6. The minimum Gasteiger partial charge on any atom is -0.298 e. The van der Waals surface area contributed by atoms with Gasteiger partial charge in [0.15, 0.2) is 5.78 Å². The van der Waals surface area contributed by atoms with Crippen LogP contribution in [0.25, 0.3) is 0 Å². The molecule has 0 saturated carbocycles. The molecule has 0 radical (unpaired) electrons. The number of rotatable bonds is 3. The molecule has 0 aromatic heterocycles. The average Bonchev–Trinajstić information content (AvgIpc) is 2.49. The zero-order valence-corrected chi connectivity index (χ0v) is 12.0. The number of halogens is 2. The molecule has 0 bridgehead atoms. The van der Waals surface area contributed by atoms with Crippen molar-refractivity contribution in [2.24, 2.45) is 0 Å². The van der Waals surface area contributed by atoms with Crippen LogP contribution in [-0.4, -0.2) is 54.3 Å². The summed E-state index contributed by atoms with van der Waals surface area (Å²) in [6.07, 6.45) is 3.66. The topological polar surface area (TPSA) is 23.6 Å². The Morgan fingerprint density at radius 1 is 1.19 bits per heavy atom. The molecule has 1 atom stereocenters. The van der Waals surface area contributed by atoms with Gasteiger partial charge in [-0.15, -0.1) is 0 Å². The highest BCUT2D eigenvalue weighted by Gasteiger charge is 2.30. The third kappa shape index (κ3) is 3.30. The highest BCUT2D eigenvalue weighted by atomic mass is 19.1. The fourth-order valence-electron chi connectivity index (χ4n) is 3.36. The zero-order chi connectivity index (χ0) is 14.8. The normalized spacial score (nSPS) is 23.8. The Morgan fingerprint density at radius 2 is 2.05 bits per heavy atom. The number of fused-ring (bicyclic) bond motifs is 1. The largest absolute Gasteiger partial charge is 0.298 e. The minimum absolute atomic E-state index is 0.138. The smallest absolute Gasteiger partial charge is 0.179 e. The Bertz CT molecular complexity index is 535. The average molecular weight is 294 g/mol. The molecule has 0 spiro atoms. The van der Waals surface area contributed by atoms with Crippen molar-refractivity contribution in [3.8, 4) is 0 Å². The second-order valence-corrected chi connectivity index (χ2v) is 5.97. The van der Waals surface area contributed by atoms with E-state index in [0.29, 0.717) is 6.04 Å². The molecule has 3 rings (SSSR count). The van der Waals surface area contributed by atoms with Gasteiger partial charge in [0, 0.05) is 25.7 Å². The summed E-state index contributed by atoms with van der Waals surface area (Å²) in [5.74, 6) is -1.55. The molecule has 0 amide bonds. The molecular formula is C16H20F2N2O. The number of ketones is 1. The zero-order valence-electron chi connectivity index (χ0n) is 12.0. The first-order chi connectivity index (χ1) is 10.1. The third-order valence-corrected chi connectivity index (χ3v) is 4.52. The van der Waals surface area contributed by atoms with E-state index in [4.69, 9.17) is 0 Å². The predicted octanol–water partition coefficient (Wildman–Crippen LogP) is 2.32. The monoisotopic (exact) mass is 294 g/mol. The molecule has 5 heteroatoms. The van der Waals surface area contributed by atoms with Crippen molar-refractivity contribution in [3.05, 3.63) is 35.4 Å². The number of piperidine rings is 1. The number of carbonyl (C=O) groups excluding carboxylic acids is 1. The summed E-state index contributed by atoms with van der Waals surface area (Å²) >= 11 is 0. The van der Waals surface area contributed by atoms with Gasteiger partial charge in [0.05, 0.1) is 12.1 Å². The Balaban J connectivity index is 1.63. The standard InChI is InChI=1S/C16H20F2N2O/c17-12-4-5-15(18)14(9-12)16(21)11-19-7-8-20-6-2-1-3-13(20)10-19/h4-5,9,13H,1-3,6-8,10-11H2. The fourth-order valence-corrected chi connectivity index (χ4v) is 3.36. The summed E-state index contributed by atoms with van der Waals surface area (Å²) in [5.41, 5.74) is -0.138. The van der Waals surface area contributed by atoms with Crippen LogP contribution in [0.4, 0.5) is 8.78 Å². The molecule has 0 aliphatic carbocycles. The maximum Gasteiger partial charge on any atom is 0.179 e. The van der Waals surface area contributed by atoms with Gasteiger partial charge in [-0.1, -0.05) is 6.42 Å². The summed E-state index contributed by atoms with van der Waals surface area (Å²) in [7, 11) is 0. The summed E-state index contributed by atoms with van der Waals surface area (Å²) in [6.45, 7) is 3.95. The van der Waals surface area contributed by atoms with E-state index in [1.165, 1.54) is 19.3 Å². The molecule has 0 N–H and O–H groups in total. The third-order valence-electron chi connectivity index (χ3n) is 4.52. The van der Waals surface area contributed by atoms with E-state index in [0.717, 1.165) is 44.4 Å². The van der Waals surface area contributed by atoms with Gasteiger partial charge in [-0.25, -0.2) is 8.78 Å². The number of hydrogen-bond acceptors (Lipinski definition) is 3. The number of hydrogen-bond donors (Lipinski definition) is 0. The van der Waals surface area contributed by atoms with Gasteiger partial charge in [-0.05, 0) is 37.6 Å². The Kier molecular flexibility index (Phi) is 4.31. The van der Waals surface area contributed by atoms with Crippen molar-refractivity contribution < 1.29 is 13.6 Å². The van der Waals surface area contributed by atoms with Gasteiger partial charge in [0.1, 0.15) is 11.6 Å². The lowest BCUT2D eigenvalue weighted by Gasteiger charge is -2.43. The SMILES string of the molecule is O=C(CN1CCN2CCCCC2C1)c1cc(F)ccc1F. The van der Waals surface area contributed by atoms with E-state index in [1.807, 2.05) is 0 Å². The quantitative estimate of drug-likeness (QED) is 0.799. The molecular weight excluding hydrogens is 274 g/mol. The Labute approximate surface area is 123 Å². The molecule has 2 heterocycles. The van der Waals surface area contributed by atoms with E-state index in [9.17, 15) is 13.6 Å². The Hall–Kier alpha value is -1.33. The van der Waals surface area contributed by atoms with Gasteiger partial charge < -0.3 is 0 Å².